The summed E-state index contributed by atoms with van der Waals surface area (Å²) >= 11 is 11.6. The van der Waals surface area contributed by atoms with Crippen LogP contribution in [0.25, 0.3) is 0 Å². The van der Waals surface area contributed by atoms with Gasteiger partial charge in [0.25, 0.3) is 0 Å². The highest BCUT2D eigenvalue weighted by Gasteiger charge is 2.42. The molecular formula is C29H37Cl2N3O4. The number of carbonyl (C=O) groups excluding carboxylic acids is 3. The van der Waals surface area contributed by atoms with Crippen molar-refractivity contribution in [1.82, 2.24) is 10.2 Å². The Labute approximate surface area is 235 Å². The van der Waals surface area contributed by atoms with Crippen molar-refractivity contribution in [2.75, 3.05) is 18.5 Å². The van der Waals surface area contributed by atoms with Gasteiger partial charge in [0.2, 0.25) is 17.7 Å². The van der Waals surface area contributed by atoms with E-state index in [9.17, 15) is 19.5 Å². The van der Waals surface area contributed by atoms with Crippen LogP contribution in [-0.4, -0.2) is 52.5 Å². The number of halogens is 2. The standard InChI is InChI=1S/C23H32ClN3O4.C6H5Cl/c1-5-15(6-2)21-18(22(31)25-17-9-7-8-16(24)12-17)10-11-20(30)27(21)13-19(29)26-23(3,4)14-28;7-6-4-2-1-3-5-6/h5,7-9,12,18,21,28H,6,10-11,13-14H2,1-4H3,(H,25,31)(H,26,29);1-5H/b15-5+;/t18?,21-;/m1./s1. The fourth-order valence-electron chi connectivity index (χ4n) is 4.28. The van der Waals surface area contributed by atoms with Gasteiger partial charge in [-0.05, 0) is 63.9 Å². The van der Waals surface area contributed by atoms with Crippen LogP contribution in [0.2, 0.25) is 10.0 Å². The van der Waals surface area contributed by atoms with Gasteiger partial charge in [0.15, 0.2) is 0 Å². The highest BCUT2D eigenvalue weighted by molar-refractivity contribution is 6.31. The van der Waals surface area contributed by atoms with Gasteiger partial charge in [-0.3, -0.25) is 14.4 Å². The minimum absolute atomic E-state index is 0.165. The van der Waals surface area contributed by atoms with E-state index in [0.717, 1.165) is 10.6 Å². The lowest BCUT2D eigenvalue weighted by Gasteiger charge is -2.42. The first-order chi connectivity index (χ1) is 18.0. The van der Waals surface area contributed by atoms with Gasteiger partial charge in [0, 0.05) is 22.2 Å². The maximum Gasteiger partial charge on any atom is 0.240 e. The van der Waals surface area contributed by atoms with Crippen LogP contribution in [0.4, 0.5) is 5.69 Å². The molecule has 1 aliphatic heterocycles. The van der Waals surface area contributed by atoms with E-state index >= 15 is 0 Å². The summed E-state index contributed by atoms with van der Waals surface area (Å²) in [5.41, 5.74) is 0.706. The van der Waals surface area contributed by atoms with Gasteiger partial charge < -0.3 is 20.6 Å². The zero-order chi connectivity index (χ0) is 28.3. The zero-order valence-electron chi connectivity index (χ0n) is 22.3. The molecular weight excluding hydrogens is 525 g/mol. The number of anilines is 1. The summed E-state index contributed by atoms with van der Waals surface area (Å²) in [6.45, 7) is 6.83. The average molecular weight is 563 g/mol. The van der Waals surface area contributed by atoms with Gasteiger partial charge >= 0.3 is 0 Å². The molecule has 38 heavy (non-hydrogen) atoms. The highest BCUT2D eigenvalue weighted by Crippen LogP contribution is 2.32. The van der Waals surface area contributed by atoms with Crippen LogP contribution < -0.4 is 10.6 Å². The molecule has 1 heterocycles. The number of nitrogens with one attached hydrogen (secondary N) is 2. The van der Waals surface area contributed by atoms with Crippen molar-refractivity contribution in [1.29, 1.82) is 0 Å². The molecule has 3 rings (SSSR count). The van der Waals surface area contributed by atoms with E-state index in [-0.39, 0.29) is 37.3 Å². The second-order valence-electron chi connectivity index (χ2n) is 9.71. The SMILES string of the molecule is C/C=C(\CC)[C@@H]1C(C(=O)Nc2cccc(Cl)c2)CCC(=O)N1CC(=O)NC(C)(C)CO.Clc1ccccc1. The van der Waals surface area contributed by atoms with Gasteiger partial charge in [0.1, 0.15) is 6.54 Å². The van der Waals surface area contributed by atoms with Gasteiger partial charge in [-0.2, -0.15) is 0 Å². The molecule has 2 aromatic carbocycles. The molecule has 3 amide bonds. The summed E-state index contributed by atoms with van der Waals surface area (Å²) in [7, 11) is 0. The average Bonchev–Trinajstić information content (AvgIpc) is 2.87. The number of piperidine rings is 1. The number of amides is 3. The third-order valence-corrected chi connectivity index (χ3v) is 6.70. The lowest BCUT2D eigenvalue weighted by Crippen LogP contribution is -2.57. The van der Waals surface area contributed by atoms with Crippen LogP contribution in [0, 0.1) is 5.92 Å². The van der Waals surface area contributed by atoms with Gasteiger partial charge in [-0.15, -0.1) is 0 Å². The largest absolute Gasteiger partial charge is 0.394 e. The van der Waals surface area contributed by atoms with Crippen LogP contribution in [0.15, 0.2) is 66.2 Å². The van der Waals surface area contributed by atoms with Crippen molar-refractivity contribution in [2.24, 2.45) is 5.92 Å². The third-order valence-electron chi connectivity index (χ3n) is 6.21. The van der Waals surface area contributed by atoms with E-state index in [4.69, 9.17) is 23.2 Å². The number of rotatable bonds is 8. The normalized spacial score (nSPS) is 17.8. The molecule has 0 aromatic heterocycles. The molecule has 7 nitrogen and oxygen atoms in total. The van der Waals surface area contributed by atoms with Gasteiger partial charge in [-0.1, -0.05) is 66.0 Å². The number of hydrogen-bond donors (Lipinski definition) is 3. The lowest BCUT2D eigenvalue weighted by atomic mass is 9.82. The van der Waals surface area contributed by atoms with E-state index in [1.807, 2.05) is 50.3 Å². The number of allylic oxidation sites excluding steroid dienone is 1. The molecule has 1 fully saturated rings. The first-order valence-electron chi connectivity index (χ1n) is 12.6. The first kappa shape index (κ1) is 31.3. The molecule has 0 saturated carbocycles. The Balaban J connectivity index is 0.000000624. The summed E-state index contributed by atoms with van der Waals surface area (Å²) in [6.07, 6.45) is 3.14. The Morgan fingerprint density at radius 1 is 1.11 bits per heavy atom. The minimum atomic E-state index is -0.803. The number of aliphatic hydroxyl groups excluding tert-OH is 1. The molecule has 0 aliphatic carbocycles. The second-order valence-corrected chi connectivity index (χ2v) is 10.6. The molecule has 206 valence electrons. The van der Waals surface area contributed by atoms with Crippen LogP contribution in [0.5, 0.6) is 0 Å². The number of benzene rings is 2. The molecule has 0 bridgehead atoms. The maximum atomic E-state index is 13.2. The molecule has 1 aliphatic rings. The zero-order valence-corrected chi connectivity index (χ0v) is 23.9. The quantitative estimate of drug-likeness (QED) is 0.372. The summed E-state index contributed by atoms with van der Waals surface area (Å²) in [5, 5.41) is 16.4. The first-order valence-corrected chi connectivity index (χ1v) is 13.4. The number of likely N-dealkylation sites (tertiary alicyclic amines) is 1. The summed E-state index contributed by atoms with van der Waals surface area (Å²) in [5.74, 6) is -1.25. The minimum Gasteiger partial charge on any atom is -0.394 e. The molecule has 9 heteroatoms. The number of carbonyl (C=O) groups is 3. The van der Waals surface area contributed by atoms with Crippen LogP contribution in [0.1, 0.15) is 47.0 Å². The number of hydrogen-bond acceptors (Lipinski definition) is 4. The predicted molar refractivity (Wildman–Crippen MR) is 153 cm³/mol. The van der Waals surface area contributed by atoms with Crippen molar-refractivity contribution in [3.8, 4) is 0 Å². The summed E-state index contributed by atoms with van der Waals surface area (Å²) in [6, 6.07) is 15.8. The molecule has 1 unspecified atom stereocenters. The Hall–Kier alpha value is -2.87. The second kappa shape index (κ2) is 14.9. The summed E-state index contributed by atoms with van der Waals surface area (Å²) in [4.78, 5) is 40.1. The molecule has 1 saturated heterocycles. The topological polar surface area (TPSA) is 98.7 Å². The Morgan fingerprint density at radius 2 is 1.76 bits per heavy atom. The van der Waals surface area contributed by atoms with Crippen molar-refractivity contribution < 1.29 is 19.5 Å². The van der Waals surface area contributed by atoms with Crippen molar-refractivity contribution in [3.05, 3.63) is 76.3 Å². The van der Waals surface area contributed by atoms with Crippen LogP contribution in [0.3, 0.4) is 0 Å². The van der Waals surface area contributed by atoms with E-state index in [1.165, 1.54) is 4.90 Å². The van der Waals surface area contributed by atoms with Crippen LogP contribution in [-0.2, 0) is 14.4 Å². The third kappa shape index (κ3) is 9.46. The molecule has 2 atom stereocenters. The van der Waals surface area contributed by atoms with E-state index in [2.05, 4.69) is 10.6 Å². The predicted octanol–water partition coefficient (Wildman–Crippen LogP) is 5.47. The highest BCUT2D eigenvalue weighted by atomic mass is 35.5. The monoisotopic (exact) mass is 561 g/mol. The maximum absolute atomic E-state index is 13.2. The van der Waals surface area contributed by atoms with Crippen molar-refractivity contribution in [2.45, 2.75) is 58.5 Å². The van der Waals surface area contributed by atoms with E-state index < -0.39 is 17.5 Å². The molecule has 0 radical (unpaired) electrons. The fourth-order valence-corrected chi connectivity index (χ4v) is 4.62. The van der Waals surface area contributed by atoms with E-state index in [0.29, 0.717) is 23.6 Å². The van der Waals surface area contributed by atoms with Crippen molar-refractivity contribution >= 4 is 46.6 Å². The van der Waals surface area contributed by atoms with Crippen molar-refractivity contribution in [3.63, 3.8) is 0 Å². The Bertz CT molecular complexity index is 1120. The van der Waals surface area contributed by atoms with Gasteiger partial charge in [-0.25, -0.2) is 0 Å². The summed E-state index contributed by atoms with van der Waals surface area (Å²) < 4.78 is 0. The molecule has 2 aromatic rings. The lowest BCUT2D eigenvalue weighted by molar-refractivity contribution is -0.144. The number of aliphatic hydroxyl groups is 1. The fraction of sp³-hybridized carbons (Fsp3) is 0.414. The number of nitrogens with zero attached hydrogens (tertiary/aromatic N) is 1. The smallest absolute Gasteiger partial charge is 0.240 e. The Kier molecular flexibility index (Phi) is 12.3. The van der Waals surface area contributed by atoms with Crippen LogP contribution >= 0.6 is 23.2 Å². The van der Waals surface area contributed by atoms with E-state index in [1.54, 1.807) is 38.1 Å². The Morgan fingerprint density at radius 3 is 2.29 bits per heavy atom. The van der Waals surface area contributed by atoms with Gasteiger partial charge in [0.05, 0.1) is 24.1 Å². The molecule has 0 spiro atoms. The molecule has 3 N–H and O–H groups in total.